The molecule has 2 heterocycles. The third kappa shape index (κ3) is 6.65. The molecule has 1 fully saturated rings. The van der Waals surface area contributed by atoms with Gasteiger partial charge in [0, 0.05) is 16.1 Å². The van der Waals surface area contributed by atoms with Crippen LogP contribution < -0.4 is 9.47 Å². The van der Waals surface area contributed by atoms with Crippen molar-refractivity contribution >= 4 is 21.4 Å². The number of likely N-dealkylation sites (tertiary alicyclic amines) is 1. The number of aliphatic hydroxyl groups is 1. The van der Waals surface area contributed by atoms with Crippen LogP contribution in [-0.2, 0) is 19.6 Å². The Morgan fingerprint density at radius 1 is 0.805 bits per heavy atom. The molecule has 1 aliphatic heterocycles. The topological polar surface area (TPSA) is 41.9 Å². The molecule has 1 saturated heterocycles. The summed E-state index contributed by atoms with van der Waals surface area (Å²) in [7, 11) is 0. The second-order valence-electron chi connectivity index (χ2n) is 10.9. The van der Waals surface area contributed by atoms with E-state index in [0.29, 0.717) is 6.61 Å². The van der Waals surface area contributed by atoms with E-state index >= 15 is 0 Å². The Labute approximate surface area is 246 Å². The van der Waals surface area contributed by atoms with Crippen molar-refractivity contribution in [1.82, 2.24) is 4.90 Å². The number of thiophene rings is 1. The van der Waals surface area contributed by atoms with E-state index in [1.54, 1.807) is 0 Å². The van der Waals surface area contributed by atoms with Crippen LogP contribution in [0.25, 0.3) is 20.5 Å². The number of aryl methyl sites for hydroxylation is 1. The maximum atomic E-state index is 9.65. The fourth-order valence-electron chi connectivity index (χ4n) is 5.62. The van der Waals surface area contributed by atoms with Crippen LogP contribution in [0.1, 0.15) is 40.7 Å². The molecular weight excluding hydrogens is 526 g/mol. The van der Waals surface area contributed by atoms with E-state index in [2.05, 4.69) is 78.6 Å². The van der Waals surface area contributed by atoms with Gasteiger partial charge in [0.1, 0.15) is 24.7 Å². The fraction of sp³-hybridized carbons (Fsp3) is 0.278. The molecule has 0 spiro atoms. The smallest absolute Gasteiger partial charge is 0.121 e. The molecule has 6 rings (SSSR count). The molecule has 5 heteroatoms. The summed E-state index contributed by atoms with van der Waals surface area (Å²) in [6, 6.07) is 31.7. The largest absolute Gasteiger partial charge is 0.492 e. The zero-order valence-electron chi connectivity index (χ0n) is 23.6. The van der Waals surface area contributed by atoms with Crippen molar-refractivity contribution < 1.29 is 14.6 Å². The van der Waals surface area contributed by atoms with Gasteiger partial charge in [0.25, 0.3) is 0 Å². The highest BCUT2D eigenvalue weighted by molar-refractivity contribution is 7.22. The van der Waals surface area contributed by atoms with E-state index in [0.717, 1.165) is 47.8 Å². The number of hydrogen-bond donors (Lipinski definition) is 1. The van der Waals surface area contributed by atoms with Gasteiger partial charge in [-0.2, -0.15) is 0 Å². The summed E-state index contributed by atoms with van der Waals surface area (Å²) < 4.78 is 13.5. The first-order valence-electron chi connectivity index (χ1n) is 14.5. The highest BCUT2D eigenvalue weighted by atomic mass is 32.1. The molecule has 1 N–H and O–H groups in total. The summed E-state index contributed by atoms with van der Waals surface area (Å²) in [4.78, 5) is 3.75. The predicted octanol–water partition coefficient (Wildman–Crippen LogP) is 8.01. The van der Waals surface area contributed by atoms with Crippen LogP contribution in [0.4, 0.5) is 0 Å². The molecule has 210 valence electrons. The summed E-state index contributed by atoms with van der Waals surface area (Å²) in [5.41, 5.74) is 7.02. The van der Waals surface area contributed by atoms with Gasteiger partial charge in [-0.05, 0) is 121 Å². The van der Waals surface area contributed by atoms with Crippen molar-refractivity contribution in [3.8, 4) is 21.9 Å². The zero-order valence-corrected chi connectivity index (χ0v) is 24.5. The number of benzene rings is 4. The third-order valence-electron chi connectivity index (χ3n) is 7.96. The van der Waals surface area contributed by atoms with Crippen molar-refractivity contribution in [1.29, 1.82) is 0 Å². The van der Waals surface area contributed by atoms with Crippen LogP contribution in [0.15, 0.2) is 91.0 Å². The van der Waals surface area contributed by atoms with Gasteiger partial charge in [-0.25, -0.2) is 0 Å². The molecule has 0 bridgehead atoms. The van der Waals surface area contributed by atoms with Crippen LogP contribution in [-0.4, -0.2) is 36.2 Å². The molecule has 0 aliphatic carbocycles. The Hall–Kier alpha value is -3.64. The van der Waals surface area contributed by atoms with Gasteiger partial charge < -0.3 is 14.6 Å². The number of ether oxygens (including phenoxy) is 2. The van der Waals surface area contributed by atoms with Crippen molar-refractivity contribution in [2.24, 2.45) is 0 Å². The molecule has 0 amide bonds. The lowest BCUT2D eigenvalue weighted by Gasteiger charge is -2.15. The second-order valence-corrected chi connectivity index (χ2v) is 11.9. The molecule has 1 aliphatic rings. The van der Waals surface area contributed by atoms with Crippen molar-refractivity contribution in [3.05, 3.63) is 119 Å². The first-order valence-corrected chi connectivity index (χ1v) is 15.3. The van der Waals surface area contributed by atoms with Crippen molar-refractivity contribution in [3.63, 3.8) is 0 Å². The van der Waals surface area contributed by atoms with E-state index in [4.69, 9.17) is 9.47 Å². The zero-order chi connectivity index (χ0) is 28.0. The van der Waals surface area contributed by atoms with Crippen molar-refractivity contribution in [2.45, 2.75) is 39.4 Å². The van der Waals surface area contributed by atoms with Gasteiger partial charge in [-0.15, -0.1) is 11.3 Å². The number of nitrogens with zero attached hydrogens (tertiary/aromatic N) is 1. The summed E-state index contributed by atoms with van der Waals surface area (Å²) in [6.07, 6.45) is 3.43. The Morgan fingerprint density at radius 2 is 1.59 bits per heavy atom. The highest BCUT2D eigenvalue weighted by Crippen LogP contribution is 2.42. The highest BCUT2D eigenvalue weighted by Gasteiger charge is 2.17. The molecule has 0 radical (unpaired) electrons. The SMILES string of the molecule is Cc1cc(Cc2c(-c3ccc(OCCN4CCCC4)cc3)sc3cc(OCc4ccccc4)ccc23)ccc1CO. The molecule has 0 atom stereocenters. The second kappa shape index (κ2) is 12.9. The first-order chi connectivity index (χ1) is 20.2. The number of rotatable bonds is 11. The maximum Gasteiger partial charge on any atom is 0.121 e. The Balaban J connectivity index is 1.27. The quantitative estimate of drug-likeness (QED) is 0.177. The number of fused-ring (bicyclic) bond motifs is 1. The normalized spacial score (nSPS) is 13.6. The van der Waals surface area contributed by atoms with Gasteiger partial charge in [0.15, 0.2) is 0 Å². The minimum atomic E-state index is 0.0664. The molecule has 1 aromatic heterocycles. The van der Waals surface area contributed by atoms with Crippen LogP contribution in [0.5, 0.6) is 11.5 Å². The summed E-state index contributed by atoms with van der Waals surface area (Å²) >= 11 is 1.82. The standard InChI is InChI=1S/C36H37NO3S/c1-26-21-28(9-10-30(26)24-38)22-34-33-16-15-32(40-25-27-7-3-2-4-8-27)23-35(33)41-36(34)29-11-13-31(14-12-29)39-20-19-37-17-5-6-18-37/h2-4,7-16,21,23,38H,5-6,17-20,22,24-25H2,1H3. The Morgan fingerprint density at radius 3 is 2.34 bits per heavy atom. The van der Waals surface area contributed by atoms with Crippen LogP contribution in [0.2, 0.25) is 0 Å². The molecule has 4 nitrogen and oxygen atoms in total. The van der Waals surface area contributed by atoms with Gasteiger partial charge >= 0.3 is 0 Å². The van der Waals surface area contributed by atoms with Gasteiger partial charge in [0.2, 0.25) is 0 Å². The maximum absolute atomic E-state index is 9.65. The van der Waals surface area contributed by atoms with Gasteiger partial charge in [-0.3, -0.25) is 4.90 Å². The Kier molecular flexibility index (Phi) is 8.66. The fourth-order valence-corrected chi connectivity index (χ4v) is 6.88. The van der Waals surface area contributed by atoms with E-state index in [-0.39, 0.29) is 6.61 Å². The minimum absolute atomic E-state index is 0.0664. The predicted molar refractivity (Wildman–Crippen MR) is 169 cm³/mol. The van der Waals surface area contributed by atoms with E-state index in [1.165, 1.54) is 57.6 Å². The number of hydrogen-bond acceptors (Lipinski definition) is 5. The van der Waals surface area contributed by atoms with Crippen LogP contribution in [0.3, 0.4) is 0 Å². The molecule has 5 aromatic rings. The summed E-state index contributed by atoms with van der Waals surface area (Å²) in [5.74, 6) is 1.80. The van der Waals surface area contributed by atoms with E-state index in [9.17, 15) is 5.11 Å². The summed E-state index contributed by atoms with van der Waals surface area (Å²) in [5, 5.41) is 10.9. The monoisotopic (exact) mass is 563 g/mol. The first kappa shape index (κ1) is 27.5. The lowest BCUT2D eigenvalue weighted by Crippen LogP contribution is -2.25. The lowest BCUT2D eigenvalue weighted by atomic mass is 9.96. The van der Waals surface area contributed by atoms with Crippen LogP contribution in [0, 0.1) is 6.92 Å². The number of aliphatic hydroxyl groups excluding tert-OH is 1. The lowest BCUT2D eigenvalue weighted by molar-refractivity contribution is 0.238. The molecule has 0 saturated carbocycles. The van der Waals surface area contributed by atoms with E-state index < -0.39 is 0 Å². The molecular formula is C36H37NO3S. The van der Waals surface area contributed by atoms with Crippen molar-refractivity contribution in [2.75, 3.05) is 26.2 Å². The Bertz CT molecular complexity index is 1590. The molecule has 0 unspecified atom stereocenters. The average molecular weight is 564 g/mol. The van der Waals surface area contributed by atoms with Gasteiger partial charge in [-0.1, -0.05) is 48.5 Å². The third-order valence-corrected chi connectivity index (χ3v) is 9.21. The van der Waals surface area contributed by atoms with Crippen LogP contribution >= 0.6 is 11.3 Å². The molecule has 41 heavy (non-hydrogen) atoms. The van der Waals surface area contributed by atoms with E-state index in [1.807, 2.05) is 35.6 Å². The summed E-state index contributed by atoms with van der Waals surface area (Å²) in [6.45, 7) is 6.79. The minimum Gasteiger partial charge on any atom is -0.492 e. The molecule has 4 aromatic carbocycles. The average Bonchev–Trinajstić information content (AvgIpc) is 3.65. The van der Waals surface area contributed by atoms with Gasteiger partial charge in [0.05, 0.1) is 6.61 Å².